The van der Waals surface area contributed by atoms with Crippen LogP contribution in [-0.2, 0) is 27.2 Å². The second kappa shape index (κ2) is 10.7. The molecule has 2 fully saturated rings. The fourth-order valence-corrected chi connectivity index (χ4v) is 6.64. The number of nitrogens with zero attached hydrogens (tertiary/aromatic N) is 2. The number of benzene rings is 2. The standard InChI is InChI=1S/C24H24ClF6N3O3S/c25-20-7-4-16(24(29,30)31)13-21(20)32-22(35)14-33-10-8-18(9-11-33)34(17-5-6-17)38(36,37)19-3-1-2-15(12-19)23(26,27)28/h1-4,7,12-13,17-18H,5-6,8-11,14H2,(H,32,35). The first-order chi connectivity index (χ1) is 17.7. The molecule has 1 N–H and O–H groups in total. The van der Waals surface area contributed by atoms with Gasteiger partial charge in [0.2, 0.25) is 15.9 Å². The Morgan fingerprint density at radius 2 is 1.50 bits per heavy atom. The summed E-state index contributed by atoms with van der Waals surface area (Å²) in [5.41, 5.74) is -2.18. The van der Waals surface area contributed by atoms with E-state index in [1.807, 2.05) is 0 Å². The molecule has 1 saturated heterocycles. The summed E-state index contributed by atoms with van der Waals surface area (Å²) in [7, 11) is -4.19. The van der Waals surface area contributed by atoms with Crippen LogP contribution in [0.1, 0.15) is 36.8 Å². The van der Waals surface area contributed by atoms with Crippen LogP contribution in [0.3, 0.4) is 0 Å². The van der Waals surface area contributed by atoms with Gasteiger partial charge in [-0.1, -0.05) is 17.7 Å². The summed E-state index contributed by atoms with van der Waals surface area (Å²) in [6.45, 7) is 0.481. The van der Waals surface area contributed by atoms with Gasteiger partial charge in [0.05, 0.1) is 33.3 Å². The molecule has 0 radical (unpaired) electrons. The highest BCUT2D eigenvalue weighted by Gasteiger charge is 2.44. The highest BCUT2D eigenvalue weighted by Crippen LogP contribution is 2.38. The number of sulfonamides is 1. The number of amides is 1. The van der Waals surface area contributed by atoms with Crippen molar-refractivity contribution in [1.29, 1.82) is 0 Å². The van der Waals surface area contributed by atoms with E-state index in [1.165, 1.54) is 4.31 Å². The van der Waals surface area contributed by atoms with E-state index in [-0.39, 0.29) is 23.3 Å². The van der Waals surface area contributed by atoms with Gasteiger partial charge in [0, 0.05) is 25.2 Å². The average molecular weight is 584 g/mol. The molecule has 38 heavy (non-hydrogen) atoms. The molecule has 2 aromatic carbocycles. The van der Waals surface area contributed by atoms with Crippen molar-refractivity contribution in [1.82, 2.24) is 9.21 Å². The van der Waals surface area contributed by atoms with E-state index in [0.717, 1.165) is 36.4 Å². The average Bonchev–Trinajstić information content (AvgIpc) is 3.65. The zero-order chi connectivity index (χ0) is 27.9. The van der Waals surface area contributed by atoms with Crippen molar-refractivity contribution in [3.8, 4) is 0 Å². The molecule has 1 saturated carbocycles. The lowest BCUT2D eigenvalue weighted by Crippen LogP contribution is -2.49. The summed E-state index contributed by atoms with van der Waals surface area (Å²) < 4.78 is 106. The Kier molecular flexibility index (Phi) is 8.04. The van der Waals surface area contributed by atoms with Crippen molar-refractivity contribution < 1.29 is 39.6 Å². The topological polar surface area (TPSA) is 69.7 Å². The highest BCUT2D eigenvalue weighted by atomic mass is 35.5. The van der Waals surface area contributed by atoms with Crippen LogP contribution < -0.4 is 5.32 Å². The number of carbonyl (C=O) groups excluding carboxylic acids is 1. The third kappa shape index (κ3) is 6.61. The first-order valence-corrected chi connectivity index (χ1v) is 13.6. The van der Waals surface area contributed by atoms with E-state index in [1.54, 1.807) is 4.90 Å². The minimum absolute atomic E-state index is 0.0510. The van der Waals surface area contributed by atoms with Crippen LogP contribution in [0.2, 0.25) is 5.02 Å². The summed E-state index contributed by atoms with van der Waals surface area (Å²) >= 11 is 5.93. The number of likely N-dealkylation sites (tertiary alicyclic amines) is 1. The fourth-order valence-electron chi connectivity index (χ4n) is 4.50. The van der Waals surface area contributed by atoms with Crippen LogP contribution in [0, 0.1) is 0 Å². The Bertz CT molecular complexity index is 1290. The molecule has 2 aliphatic rings. The second-order valence-electron chi connectivity index (χ2n) is 9.34. The summed E-state index contributed by atoms with van der Waals surface area (Å²) in [5.74, 6) is -0.583. The SMILES string of the molecule is O=C(CN1CCC(N(C2CC2)S(=O)(=O)c2cccc(C(F)(F)F)c2)CC1)Nc1cc(C(F)(F)F)ccc1Cl. The number of carbonyl (C=O) groups is 1. The van der Waals surface area contributed by atoms with Gasteiger partial charge < -0.3 is 5.32 Å². The van der Waals surface area contributed by atoms with Crippen LogP contribution >= 0.6 is 11.6 Å². The maximum Gasteiger partial charge on any atom is 0.416 e. The van der Waals surface area contributed by atoms with E-state index in [4.69, 9.17) is 11.6 Å². The van der Waals surface area contributed by atoms with E-state index in [9.17, 15) is 39.6 Å². The smallest absolute Gasteiger partial charge is 0.324 e. The number of anilines is 1. The molecule has 0 atom stereocenters. The van der Waals surface area contributed by atoms with Crippen molar-refractivity contribution in [2.45, 2.75) is 55.0 Å². The fraction of sp³-hybridized carbons (Fsp3) is 0.458. The first-order valence-electron chi connectivity index (χ1n) is 11.8. The predicted octanol–water partition coefficient (Wildman–Crippen LogP) is 5.63. The highest BCUT2D eigenvalue weighted by molar-refractivity contribution is 7.89. The summed E-state index contributed by atoms with van der Waals surface area (Å²) in [5, 5.41) is 2.33. The van der Waals surface area contributed by atoms with E-state index >= 15 is 0 Å². The third-order valence-electron chi connectivity index (χ3n) is 6.50. The lowest BCUT2D eigenvalue weighted by Gasteiger charge is -2.37. The largest absolute Gasteiger partial charge is 0.416 e. The molecule has 4 rings (SSSR count). The van der Waals surface area contributed by atoms with Gasteiger partial charge in [-0.3, -0.25) is 9.69 Å². The van der Waals surface area contributed by atoms with Crippen LogP contribution in [0.15, 0.2) is 47.4 Å². The Labute approximate surface area is 220 Å². The summed E-state index contributed by atoms with van der Waals surface area (Å²) in [6.07, 6.45) is -7.39. The maximum absolute atomic E-state index is 13.4. The van der Waals surface area contributed by atoms with Crippen molar-refractivity contribution >= 4 is 33.2 Å². The van der Waals surface area contributed by atoms with Crippen molar-refractivity contribution in [3.05, 3.63) is 58.6 Å². The number of alkyl halides is 6. The maximum atomic E-state index is 13.4. The predicted molar refractivity (Wildman–Crippen MR) is 128 cm³/mol. The molecule has 14 heteroatoms. The number of hydrogen-bond donors (Lipinski definition) is 1. The van der Waals surface area contributed by atoms with Crippen molar-refractivity contribution in [2.75, 3.05) is 25.0 Å². The Morgan fingerprint density at radius 3 is 2.08 bits per heavy atom. The molecule has 1 amide bonds. The Balaban J connectivity index is 1.40. The second-order valence-corrected chi connectivity index (χ2v) is 11.6. The van der Waals surface area contributed by atoms with Crippen LogP contribution in [-0.4, -0.2) is 55.2 Å². The van der Waals surface area contributed by atoms with E-state index in [2.05, 4.69) is 5.32 Å². The van der Waals surface area contributed by atoms with Crippen molar-refractivity contribution in [3.63, 3.8) is 0 Å². The van der Waals surface area contributed by atoms with Gasteiger partial charge in [-0.25, -0.2) is 8.42 Å². The number of piperidine rings is 1. The number of hydrogen-bond acceptors (Lipinski definition) is 4. The minimum atomic E-state index is -4.68. The molecular formula is C24H24ClF6N3O3S. The van der Waals surface area contributed by atoms with Crippen LogP contribution in [0.25, 0.3) is 0 Å². The molecular weight excluding hydrogens is 560 g/mol. The van der Waals surface area contributed by atoms with Gasteiger partial charge in [0.25, 0.3) is 0 Å². The van der Waals surface area contributed by atoms with E-state index < -0.39 is 50.3 Å². The van der Waals surface area contributed by atoms with Gasteiger partial charge >= 0.3 is 12.4 Å². The molecule has 0 spiro atoms. The molecule has 1 aliphatic carbocycles. The van der Waals surface area contributed by atoms with Crippen molar-refractivity contribution in [2.24, 2.45) is 0 Å². The zero-order valence-corrected chi connectivity index (χ0v) is 21.4. The van der Waals surface area contributed by atoms with Crippen LogP contribution in [0.4, 0.5) is 32.0 Å². The van der Waals surface area contributed by atoms with Gasteiger partial charge in [0.15, 0.2) is 0 Å². The first kappa shape index (κ1) is 28.7. The lowest BCUT2D eigenvalue weighted by molar-refractivity contribution is -0.138. The lowest BCUT2D eigenvalue weighted by atomic mass is 10.0. The normalized spacial score (nSPS) is 18.1. The Hall–Kier alpha value is -2.35. The van der Waals surface area contributed by atoms with Gasteiger partial charge in [0.1, 0.15) is 0 Å². The van der Waals surface area contributed by atoms with Gasteiger partial charge in [-0.15, -0.1) is 0 Å². The minimum Gasteiger partial charge on any atom is -0.324 e. The zero-order valence-electron chi connectivity index (χ0n) is 19.8. The van der Waals surface area contributed by atoms with Gasteiger partial charge in [-0.2, -0.15) is 30.6 Å². The summed E-state index contributed by atoms with van der Waals surface area (Å²) in [4.78, 5) is 13.8. The van der Waals surface area contributed by atoms with Crippen LogP contribution in [0.5, 0.6) is 0 Å². The van der Waals surface area contributed by atoms with Gasteiger partial charge in [-0.05, 0) is 62.1 Å². The Morgan fingerprint density at radius 1 is 0.921 bits per heavy atom. The molecule has 208 valence electrons. The molecule has 6 nitrogen and oxygen atoms in total. The molecule has 0 bridgehead atoms. The monoisotopic (exact) mass is 583 g/mol. The molecule has 1 aliphatic heterocycles. The quantitative estimate of drug-likeness (QED) is 0.429. The molecule has 0 aromatic heterocycles. The summed E-state index contributed by atoms with van der Waals surface area (Å²) in [6, 6.07) is 5.52. The molecule has 0 unspecified atom stereocenters. The molecule has 1 heterocycles. The third-order valence-corrected chi connectivity index (χ3v) is 8.83. The number of nitrogens with one attached hydrogen (secondary N) is 1. The number of rotatable bonds is 7. The molecule has 2 aromatic rings. The van der Waals surface area contributed by atoms with E-state index in [0.29, 0.717) is 44.8 Å². The number of halogens is 7.